The first-order chi connectivity index (χ1) is 24.4. The van der Waals surface area contributed by atoms with Gasteiger partial charge >= 0.3 is 11.9 Å². The van der Waals surface area contributed by atoms with Crippen LogP contribution < -0.4 is 0 Å². The Hall–Kier alpha value is -5.62. The smallest absolute Gasteiger partial charge is 0.328 e. The van der Waals surface area contributed by atoms with Gasteiger partial charge in [-0.1, -0.05) is 91.8 Å². The molecule has 6 aromatic rings. The van der Waals surface area contributed by atoms with Crippen molar-refractivity contribution in [2.45, 2.75) is 72.6 Å². The van der Waals surface area contributed by atoms with Gasteiger partial charge in [0.05, 0.1) is 0 Å². The number of fused-ring (bicyclic) bond motifs is 2. The summed E-state index contributed by atoms with van der Waals surface area (Å²) in [6.45, 7) is 17.9. The molecule has 2 heterocycles. The van der Waals surface area contributed by atoms with Gasteiger partial charge in [0.25, 0.3) is 0 Å². The van der Waals surface area contributed by atoms with Crippen molar-refractivity contribution >= 4 is 45.9 Å². The molecule has 0 atom stereocenters. The Bertz CT molecular complexity index is 2250. The number of carboxylic acid groups (broad SMARTS) is 2. The molecule has 0 spiro atoms. The number of rotatable bonds is 8. The maximum Gasteiger partial charge on any atom is 0.328 e. The number of aromatic amines is 2. The lowest BCUT2D eigenvalue weighted by molar-refractivity contribution is -0.132. The first kappa shape index (κ1) is 37.6. The Kier molecular flexibility index (Phi) is 11.1. The van der Waals surface area contributed by atoms with Crippen LogP contribution in [0.25, 0.3) is 56.5 Å². The minimum atomic E-state index is -0.941. The molecule has 0 aliphatic heterocycles. The van der Waals surface area contributed by atoms with E-state index in [1.54, 1.807) is 12.2 Å². The van der Waals surface area contributed by atoms with E-state index in [9.17, 15) is 9.59 Å². The molecule has 52 heavy (non-hydrogen) atoms. The number of hydrogen-bond acceptors (Lipinski definition) is 2. The van der Waals surface area contributed by atoms with Gasteiger partial charge in [0.1, 0.15) is 0 Å². The highest BCUT2D eigenvalue weighted by atomic mass is 16.4. The molecule has 0 unspecified atom stereocenters. The van der Waals surface area contributed by atoms with Gasteiger partial charge < -0.3 is 20.2 Å². The average molecular weight is 695 g/mol. The second-order valence-electron chi connectivity index (χ2n) is 16.0. The molecule has 4 N–H and O–H groups in total. The number of carboxylic acids is 2. The van der Waals surface area contributed by atoms with E-state index < -0.39 is 11.9 Å². The van der Waals surface area contributed by atoms with Crippen LogP contribution in [0.3, 0.4) is 0 Å². The molecule has 6 heteroatoms. The van der Waals surface area contributed by atoms with Crippen molar-refractivity contribution in [3.63, 3.8) is 0 Å². The molecule has 0 amide bonds. The number of H-pyrrole nitrogens is 2. The number of benzene rings is 4. The fraction of sp³-hybridized carbons (Fsp3) is 0.261. The first-order valence-electron chi connectivity index (χ1n) is 17.8. The zero-order valence-corrected chi connectivity index (χ0v) is 31.5. The summed E-state index contributed by atoms with van der Waals surface area (Å²) in [4.78, 5) is 28.4. The van der Waals surface area contributed by atoms with Crippen molar-refractivity contribution < 1.29 is 19.8 Å². The van der Waals surface area contributed by atoms with Crippen LogP contribution in [0.5, 0.6) is 0 Å². The Morgan fingerprint density at radius 3 is 1.54 bits per heavy atom. The summed E-state index contributed by atoms with van der Waals surface area (Å²) in [5.74, 6) is -1.25. The van der Waals surface area contributed by atoms with Crippen molar-refractivity contribution in [2.75, 3.05) is 0 Å². The van der Waals surface area contributed by atoms with Gasteiger partial charge in [-0.05, 0) is 129 Å². The number of hydrogen-bond donors (Lipinski definition) is 4. The van der Waals surface area contributed by atoms with Gasteiger partial charge in [0.15, 0.2) is 0 Å². The van der Waals surface area contributed by atoms with Gasteiger partial charge in [-0.2, -0.15) is 0 Å². The maximum atomic E-state index is 10.8. The molecule has 268 valence electrons. The van der Waals surface area contributed by atoms with Crippen molar-refractivity contribution in [1.82, 2.24) is 9.97 Å². The summed E-state index contributed by atoms with van der Waals surface area (Å²) in [5, 5.41) is 19.7. The highest BCUT2D eigenvalue weighted by molar-refractivity contribution is 5.91. The van der Waals surface area contributed by atoms with Crippen LogP contribution in [0.15, 0.2) is 103 Å². The minimum Gasteiger partial charge on any atom is -0.478 e. The summed E-state index contributed by atoms with van der Waals surface area (Å²) in [6, 6.07) is 31.5. The van der Waals surface area contributed by atoms with Crippen LogP contribution in [0.1, 0.15) is 83.2 Å². The van der Waals surface area contributed by atoms with E-state index in [4.69, 9.17) is 10.2 Å². The molecule has 6 nitrogen and oxygen atoms in total. The monoisotopic (exact) mass is 694 g/mol. The Balaban J connectivity index is 0.000000203. The van der Waals surface area contributed by atoms with Crippen molar-refractivity contribution in [1.29, 1.82) is 0 Å². The molecule has 0 bridgehead atoms. The molecule has 0 saturated heterocycles. The molecular formula is C46H50N2O4. The van der Waals surface area contributed by atoms with Gasteiger partial charge in [-0.25, -0.2) is 9.59 Å². The summed E-state index contributed by atoms with van der Waals surface area (Å²) in [7, 11) is 0. The quantitative estimate of drug-likeness (QED) is 0.119. The highest BCUT2D eigenvalue weighted by Gasteiger charge is 2.21. The van der Waals surface area contributed by atoms with E-state index >= 15 is 0 Å². The second kappa shape index (κ2) is 15.3. The summed E-state index contributed by atoms with van der Waals surface area (Å²) >= 11 is 0. The largest absolute Gasteiger partial charge is 0.478 e. The normalized spacial score (nSPS) is 12.2. The van der Waals surface area contributed by atoms with Gasteiger partial charge in [0.2, 0.25) is 0 Å². The van der Waals surface area contributed by atoms with Crippen molar-refractivity contribution in [2.24, 2.45) is 5.92 Å². The van der Waals surface area contributed by atoms with E-state index in [0.29, 0.717) is 5.92 Å². The SMILES string of the molecule is CC(C)(C)c1cc(-c2cc3cc(/C=C/C(=O)O)ccc3[nH]2)cc(C(C)(C)C)c1.CC(C)Cc1cccc(-c2cc3cc(/C=C/C(=O)O)ccc3[nH]2)c1. The molecule has 0 fully saturated rings. The van der Waals surface area contributed by atoms with E-state index in [-0.39, 0.29) is 10.8 Å². The van der Waals surface area contributed by atoms with Crippen LogP contribution in [-0.2, 0) is 26.8 Å². The number of aliphatic carboxylic acids is 2. The number of nitrogens with one attached hydrogen (secondary N) is 2. The van der Waals surface area contributed by atoms with E-state index in [0.717, 1.165) is 62.9 Å². The maximum absolute atomic E-state index is 10.8. The molecule has 0 saturated carbocycles. The standard InChI is InChI=1S/C25H29NO2.C21H21NO2/c1-24(2,3)19-12-18(13-20(15-19)25(4,5)6)22-14-17-11-16(8-10-23(27)28)7-9-21(17)26-22;1-14(2)10-16-4-3-5-17(12-16)20-13-18-11-15(7-9-21(23)24)6-8-19(18)22-20/h7-15,26H,1-6H3,(H,27,28);3-9,11-14,22H,10H2,1-2H3,(H,23,24)/b10-8+;9-7+. The lowest BCUT2D eigenvalue weighted by Crippen LogP contribution is -2.16. The summed E-state index contributed by atoms with van der Waals surface area (Å²) in [5.41, 5.74) is 12.5. The lowest BCUT2D eigenvalue weighted by atomic mass is 9.79. The lowest BCUT2D eigenvalue weighted by Gasteiger charge is -2.26. The van der Waals surface area contributed by atoms with E-state index in [1.165, 1.54) is 27.8 Å². The predicted molar refractivity (Wildman–Crippen MR) is 217 cm³/mol. The molecule has 0 aliphatic rings. The van der Waals surface area contributed by atoms with Crippen LogP contribution >= 0.6 is 0 Å². The molecular weight excluding hydrogens is 645 g/mol. The average Bonchev–Trinajstić information content (AvgIpc) is 3.70. The van der Waals surface area contributed by atoms with Crippen LogP contribution in [0.4, 0.5) is 0 Å². The Morgan fingerprint density at radius 2 is 1.10 bits per heavy atom. The predicted octanol–water partition coefficient (Wildman–Crippen LogP) is 11.7. The molecule has 4 aromatic carbocycles. The minimum absolute atomic E-state index is 0.0663. The zero-order valence-electron chi connectivity index (χ0n) is 31.5. The molecule has 2 aromatic heterocycles. The molecule has 6 rings (SSSR count). The van der Waals surface area contributed by atoms with Gasteiger partial charge in [-0.15, -0.1) is 0 Å². The Morgan fingerprint density at radius 1 is 0.615 bits per heavy atom. The Labute approximate surface area is 306 Å². The van der Waals surface area contributed by atoms with Crippen molar-refractivity contribution in [3.8, 4) is 22.5 Å². The third-order valence-corrected chi connectivity index (χ3v) is 8.98. The fourth-order valence-electron chi connectivity index (χ4n) is 6.14. The molecule has 0 aliphatic carbocycles. The summed E-state index contributed by atoms with van der Waals surface area (Å²) < 4.78 is 0. The van der Waals surface area contributed by atoms with E-state index in [2.05, 4.69) is 120 Å². The topological polar surface area (TPSA) is 106 Å². The van der Waals surface area contributed by atoms with Gasteiger partial charge in [0, 0.05) is 45.3 Å². The van der Waals surface area contributed by atoms with Crippen LogP contribution in [-0.4, -0.2) is 32.1 Å². The first-order valence-corrected chi connectivity index (χ1v) is 17.8. The van der Waals surface area contributed by atoms with Crippen LogP contribution in [0.2, 0.25) is 0 Å². The third kappa shape index (κ3) is 9.79. The van der Waals surface area contributed by atoms with E-state index in [1.807, 2.05) is 36.4 Å². The van der Waals surface area contributed by atoms with Crippen LogP contribution in [0, 0.1) is 5.92 Å². The third-order valence-electron chi connectivity index (χ3n) is 8.98. The highest BCUT2D eigenvalue weighted by Crippen LogP contribution is 2.35. The molecule has 0 radical (unpaired) electrons. The fourth-order valence-corrected chi connectivity index (χ4v) is 6.14. The van der Waals surface area contributed by atoms with Gasteiger partial charge in [-0.3, -0.25) is 0 Å². The van der Waals surface area contributed by atoms with Crippen molar-refractivity contribution in [3.05, 3.63) is 131 Å². The number of carbonyl (C=O) groups is 2. The summed E-state index contributed by atoms with van der Waals surface area (Å²) in [6.07, 6.45) is 6.61. The zero-order chi connectivity index (χ0) is 37.8. The second-order valence-corrected chi connectivity index (χ2v) is 16.0. The number of aromatic nitrogens is 2.